The van der Waals surface area contributed by atoms with Gasteiger partial charge < -0.3 is 5.11 Å². The van der Waals surface area contributed by atoms with Crippen LogP contribution in [0.4, 0.5) is 0 Å². The predicted octanol–water partition coefficient (Wildman–Crippen LogP) is 8.87. The highest BCUT2D eigenvalue weighted by atomic mass is 31.1. The van der Waals surface area contributed by atoms with E-state index >= 15 is 0 Å². The summed E-state index contributed by atoms with van der Waals surface area (Å²) < 4.78 is 0. The first-order valence-corrected chi connectivity index (χ1v) is 14.1. The molecule has 1 aromatic rings. The fourth-order valence-electron chi connectivity index (χ4n) is 6.98. The lowest BCUT2D eigenvalue weighted by Crippen LogP contribution is -2.52. The lowest BCUT2D eigenvalue weighted by molar-refractivity contribution is 0.122. The standard InChI is InChI=1S/C30H47OP/c1-20(2)23-14-15-25(26(17-23)21(3)4)27-13-11-12-16-30(27,22(5)6)32-28(7,8)18-24(31)19-29(32,9)10/h11-15,17,20-22,24,31H,16,18-19H2,1-10H3. The molecule has 0 spiro atoms. The van der Waals surface area contributed by atoms with E-state index in [1.165, 1.54) is 16.7 Å². The van der Waals surface area contributed by atoms with Crippen LogP contribution >= 0.6 is 7.92 Å². The minimum Gasteiger partial charge on any atom is -0.393 e. The summed E-state index contributed by atoms with van der Waals surface area (Å²) in [5.41, 5.74) is 5.94. The van der Waals surface area contributed by atoms with Crippen molar-refractivity contribution in [3.05, 3.63) is 53.1 Å². The number of hydrogen-bond acceptors (Lipinski definition) is 1. The van der Waals surface area contributed by atoms with Crippen LogP contribution in [0.3, 0.4) is 0 Å². The van der Waals surface area contributed by atoms with Crippen LogP contribution in [0.5, 0.6) is 0 Å². The van der Waals surface area contributed by atoms with Crippen molar-refractivity contribution in [2.24, 2.45) is 5.92 Å². The van der Waals surface area contributed by atoms with Gasteiger partial charge in [-0.05, 0) is 69.6 Å². The highest BCUT2D eigenvalue weighted by Gasteiger charge is 2.58. The van der Waals surface area contributed by atoms with Crippen molar-refractivity contribution in [2.75, 3.05) is 0 Å². The van der Waals surface area contributed by atoms with Crippen LogP contribution in [0.15, 0.2) is 36.4 Å². The third-order valence-corrected chi connectivity index (χ3v) is 12.5. The topological polar surface area (TPSA) is 20.2 Å². The largest absolute Gasteiger partial charge is 0.393 e. The summed E-state index contributed by atoms with van der Waals surface area (Å²) in [4.78, 5) is 0. The Bertz CT molecular complexity index is 868. The Balaban J connectivity index is 2.28. The van der Waals surface area contributed by atoms with Crippen LogP contribution in [-0.4, -0.2) is 26.7 Å². The highest BCUT2D eigenvalue weighted by molar-refractivity contribution is 7.63. The first-order chi connectivity index (χ1) is 14.7. The molecular weight excluding hydrogens is 407 g/mol. The Morgan fingerprint density at radius 3 is 2.00 bits per heavy atom. The molecule has 1 nitrogen and oxygen atoms in total. The second kappa shape index (κ2) is 9.03. The summed E-state index contributed by atoms with van der Waals surface area (Å²) in [5.74, 6) is 1.56. The van der Waals surface area contributed by atoms with Crippen LogP contribution in [0.1, 0.15) is 117 Å². The van der Waals surface area contributed by atoms with E-state index < -0.39 is 7.92 Å². The van der Waals surface area contributed by atoms with E-state index in [4.69, 9.17) is 0 Å². The van der Waals surface area contributed by atoms with Gasteiger partial charge in [-0.2, -0.15) is 0 Å². The number of benzene rings is 1. The van der Waals surface area contributed by atoms with E-state index in [1.54, 1.807) is 5.57 Å². The first-order valence-electron chi connectivity index (χ1n) is 12.7. The third kappa shape index (κ3) is 4.42. The highest BCUT2D eigenvalue weighted by Crippen LogP contribution is 2.78. The summed E-state index contributed by atoms with van der Waals surface area (Å²) in [5, 5.41) is 11.1. The molecule has 1 fully saturated rings. The third-order valence-electron chi connectivity index (χ3n) is 7.98. The molecule has 2 heteroatoms. The van der Waals surface area contributed by atoms with Crippen LogP contribution in [-0.2, 0) is 0 Å². The second-order valence-corrected chi connectivity index (χ2v) is 16.4. The Hall–Kier alpha value is -0.910. The van der Waals surface area contributed by atoms with E-state index in [-0.39, 0.29) is 21.6 Å². The van der Waals surface area contributed by atoms with Crippen LogP contribution in [0.25, 0.3) is 5.57 Å². The molecule has 2 aliphatic rings. The molecule has 32 heavy (non-hydrogen) atoms. The van der Waals surface area contributed by atoms with Gasteiger partial charge in [0, 0.05) is 5.16 Å². The molecule has 0 radical (unpaired) electrons. The predicted molar refractivity (Wildman–Crippen MR) is 144 cm³/mol. The zero-order valence-corrected chi connectivity index (χ0v) is 23.2. The lowest BCUT2D eigenvalue weighted by Gasteiger charge is -2.62. The van der Waals surface area contributed by atoms with Gasteiger partial charge in [0.15, 0.2) is 0 Å². The average Bonchev–Trinajstić information content (AvgIpc) is 2.65. The van der Waals surface area contributed by atoms with E-state index in [9.17, 15) is 5.11 Å². The number of aliphatic hydroxyl groups excluding tert-OH is 1. The smallest absolute Gasteiger partial charge is 0.0557 e. The summed E-state index contributed by atoms with van der Waals surface area (Å²) in [7, 11) is -0.421. The fourth-order valence-corrected chi connectivity index (χ4v) is 12.8. The molecule has 1 aliphatic carbocycles. The summed E-state index contributed by atoms with van der Waals surface area (Å²) in [6.07, 6.45) is 9.90. The molecule has 0 saturated carbocycles. The molecule has 1 aromatic carbocycles. The SMILES string of the molecule is CC(C)c1ccc(C2=CC=CCC2(C(C)C)P2C(C)(C)CC(O)CC2(C)C)c(C(C)C)c1. The van der Waals surface area contributed by atoms with Crippen molar-refractivity contribution in [1.29, 1.82) is 0 Å². The monoisotopic (exact) mass is 454 g/mol. The van der Waals surface area contributed by atoms with Gasteiger partial charge in [-0.3, -0.25) is 0 Å². The molecule has 0 aromatic heterocycles. The molecule has 1 heterocycles. The molecule has 1 N–H and O–H groups in total. The van der Waals surface area contributed by atoms with Gasteiger partial charge in [0.25, 0.3) is 0 Å². The van der Waals surface area contributed by atoms with Crippen LogP contribution < -0.4 is 0 Å². The van der Waals surface area contributed by atoms with Crippen molar-refractivity contribution in [3.8, 4) is 0 Å². The van der Waals surface area contributed by atoms with E-state index in [2.05, 4.69) is 106 Å². The maximum atomic E-state index is 10.8. The molecule has 1 atom stereocenters. The zero-order chi connectivity index (χ0) is 24.1. The second-order valence-electron chi connectivity index (χ2n) is 12.5. The lowest BCUT2D eigenvalue weighted by atomic mass is 9.75. The quantitative estimate of drug-likeness (QED) is 0.440. The Morgan fingerprint density at radius 2 is 1.50 bits per heavy atom. The summed E-state index contributed by atoms with van der Waals surface area (Å²) in [6.45, 7) is 23.9. The number of hydrogen-bond donors (Lipinski definition) is 1. The van der Waals surface area contributed by atoms with Crippen molar-refractivity contribution >= 4 is 13.5 Å². The fraction of sp³-hybridized carbons (Fsp3) is 0.667. The minimum atomic E-state index is -0.421. The van der Waals surface area contributed by atoms with Crippen molar-refractivity contribution in [1.82, 2.24) is 0 Å². The Morgan fingerprint density at radius 1 is 0.906 bits per heavy atom. The summed E-state index contributed by atoms with van der Waals surface area (Å²) in [6, 6.07) is 7.27. The maximum Gasteiger partial charge on any atom is 0.0557 e. The molecular formula is C30H47OP. The summed E-state index contributed by atoms with van der Waals surface area (Å²) >= 11 is 0. The zero-order valence-electron chi connectivity index (χ0n) is 22.3. The van der Waals surface area contributed by atoms with Gasteiger partial charge in [0.05, 0.1) is 6.10 Å². The molecule has 178 valence electrons. The van der Waals surface area contributed by atoms with Gasteiger partial charge in [0.2, 0.25) is 0 Å². The van der Waals surface area contributed by atoms with Gasteiger partial charge >= 0.3 is 0 Å². The van der Waals surface area contributed by atoms with Crippen molar-refractivity contribution in [3.63, 3.8) is 0 Å². The number of rotatable bonds is 5. The first kappa shape index (κ1) is 25.7. The van der Waals surface area contributed by atoms with E-state index in [0.29, 0.717) is 17.8 Å². The maximum absolute atomic E-state index is 10.8. The molecule has 1 saturated heterocycles. The van der Waals surface area contributed by atoms with Crippen LogP contribution in [0, 0.1) is 5.92 Å². The minimum absolute atomic E-state index is 0.111. The number of aliphatic hydroxyl groups is 1. The van der Waals surface area contributed by atoms with Gasteiger partial charge in [-0.25, -0.2) is 0 Å². The molecule has 0 amide bonds. The molecule has 3 rings (SSSR count). The van der Waals surface area contributed by atoms with Gasteiger partial charge in [-0.15, -0.1) is 0 Å². The van der Waals surface area contributed by atoms with Crippen molar-refractivity contribution < 1.29 is 5.11 Å². The van der Waals surface area contributed by atoms with Gasteiger partial charge in [0.1, 0.15) is 0 Å². The molecule has 0 bridgehead atoms. The normalized spacial score (nSPS) is 29.6. The van der Waals surface area contributed by atoms with Crippen LogP contribution in [0.2, 0.25) is 0 Å². The van der Waals surface area contributed by atoms with Crippen molar-refractivity contribution in [2.45, 2.75) is 122 Å². The van der Waals surface area contributed by atoms with Gasteiger partial charge in [-0.1, -0.05) is 114 Å². The number of allylic oxidation sites excluding steroid dienone is 4. The molecule has 1 unspecified atom stereocenters. The average molecular weight is 455 g/mol. The van der Waals surface area contributed by atoms with E-state index in [1.807, 2.05) is 0 Å². The Labute approximate surface area is 199 Å². The van der Waals surface area contributed by atoms with E-state index in [0.717, 1.165) is 19.3 Å². The molecule has 1 aliphatic heterocycles. The Kier molecular flexibility index (Phi) is 7.26.